The SMILES string of the molecule is NC(Cc1ccc(Cl)s1)c1ccc(I)cc1. The molecule has 1 heterocycles. The van der Waals surface area contributed by atoms with E-state index in [0.717, 1.165) is 10.8 Å². The third kappa shape index (κ3) is 3.20. The second kappa shape index (κ2) is 5.49. The molecule has 16 heavy (non-hydrogen) atoms. The van der Waals surface area contributed by atoms with Crippen molar-refractivity contribution in [1.29, 1.82) is 0 Å². The Hall–Kier alpha value is -0.100. The Morgan fingerprint density at radius 3 is 2.44 bits per heavy atom. The average molecular weight is 364 g/mol. The van der Waals surface area contributed by atoms with E-state index in [2.05, 4.69) is 46.9 Å². The van der Waals surface area contributed by atoms with Gasteiger partial charge in [0.05, 0.1) is 4.34 Å². The third-order valence-electron chi connectivity index (χ3n) is 2.35. The number of hydrogen-bond donors (Lipinski definition) is 1. The Labute approximate surface area is 118 Å². The van der Waals surface area contributed by atoms with Crippen LogP contribution in [0.25, 0.3) is 0 Å². The van der Waals surface area contributed by atoms with Crippen LogP contribution in [0.5, 0.6) is 0 Å². The molecular formula is C12H11ClINS. The van der Waals surface area contributed by atoms with Gasteiger partial charge in [-0.25, -0.2) is 0 Å². The zero-order valence-corrected chi connectivity index (χ0v) is 12.2. The smallest absolute Gasteiger partial charge is 0.0931 e. The van der Waals surface area contributed by atoms with Crippen LogP contribution in [0.3, 0.4) is 0 Å². The van der Waals surface area contributed by atoms with Gasteiger partial charge >= 0.3 is 0 Å². The fraction of sp³-hybridized carbons (Fsp3) is 0.167. The summed E-state index contributed by atoms with van der Waals surface area (Å²) >= 11 is 9.78. The van der Waals surface area contributed by atoms with E-state index in [1.54, 1.807) is 11.3 Å². The monoisotopic (exact) mass is 363 g/mol. The van der Waals surface area contributed by atoms with Gasteiger partial charge in [-0.15, -0.1) is 11.3 Å². The molecule has 4 heteroatoms. The van der Waals surface area contributed by atoms with Gasteiger partial charge in [-0.05, 0) is 52.4 Å². The molecule has 2 rings (SSSR count). The van der Waals surface area contributed by atoms with Crippen molar-refractivity contribution < 1.29 is 0 Å². The molecule has 0 saturated carbocycles. The van der Waals surface area contributed by atoms with E-state index in [9.17, 15) is 0 Å². The van der Waals surface area contributed by atoms with E-state index in [1.807, 2.05) is 12.1 Å². The molecule has 0 aliphatic rings. The maximum absolute atomic E-state index is 6.15. The van der Waals surface area contributed by atoms with Crippen molar-refractivity contribution in [2.24, 2.45) is 5.73 Å². The molecule has 1 aromatic carbocycles. The lowest BCUT2D eigenvalue weighted by Gasteiger charge is -2.10. The molecule has 0 aliphatic carbocycles. The van der Waals surface area contributed by atoms with E-state index in [0.29, 0.717) is 0 Å². The Morgan fingerprint density at radius 2 is 1.88 bits per heavy atom. The molecule has 1 unspecified atom stereocenters. The van der Waals surface area contributed by atoms with Crippen molar-refractivity contribution >= 4 is 45.5 Å². The number of nitrogens with two attached hydrogens (primary N) is 1. The van der Waals surface area contributed by atoms with Gasteiger partial charge in [-0.2, -0.15) is 0 Å². The van der Waals surface area contributed by atoms with Crippen LogP contribution in [0, 0.1) is 3.57 Å². The van der Waals surface area contributed by atoms with Crippen molar-refractivity contribution in [3.63, 3.8) is 0 Å². The minimum Gasteiger partial charge on any atom is -0.324 e. The predicted octanol–water partition coefficient (Wildman–Crippen LogP) is 4.25. The molecule has 0 aliphatic heterocycles. The largest absolute Gasteiger partial charge is 0.324 e. The molecule has 0 radical (unpaired) electrons. The molecule has 0 spiro atoms. The molecule has 0 amide bonds. The third-order valence-corrected chi connectivity index (χ3v) is 4.32. The highest BCUT2D eigenvalue weighted by atomic mass is 127. The van der Waals surface area contributed by atoms with Crippen molar-refractivity contribution in [2.75, 3.05) is 0 Å². The second-order valence-electron chi connectivity index (χ2n) is 3.57. The Balaban J connectivity index is 2.08. The summed E-state index contributed by atoms with van der Waals surface area (Å²) in [6, 6.07) is 12.3. The van der Waals surface area contributed by atoms with Crippen LogP contribution in [0.1, 0.15) is 16.5 Å². The first-order chi connectivity index (χ1) is 7.65. The topological polar surface area (TPSA) is 26.0 Å². The van der Waals surface area contributed by atoms with Gasteiger partial charge < -0.3 is 5.73 Å². The fourth-order valence-electron chi connectivity index (χ4n) is 1.51. The quantitative estimate of drug-likeness (QED) is 0.811. The Bertz CT molecular complexity index is 466. The Morgan fingerprint density at radius 1 is 1.19 bits per heavy atom. The van der Waals surface area contributed by atoms with Gasteiger partial charge in [0.25, 0.3) is 0 Å². The van der Waals surface area contributed by atoms with Crippen LogP contribution < -0.4 is 5.73 Å². The summed E-state index contributed by atoms with van der Waals surface area (Å²) in [6.45, 7) is 0. The normalized spacial score (nSPS) is 12.7. The maximum Gasteiger partial charge on any atom is 0.0931 e. The van der Waals surface area contributed by atoms with Gasteiger partial charge in [0, 0.05) is 20.9 Å². The number of hydrogen-bond acceptors (Lipinski definition) is 2. The first kappa shape index (κ1) is 12.4. The van der Waals surface area contributed by atoms with Gasteiger partial charge in [0.1, 0.15) is 0 Å². The zero-order valence-electron chi connectivity index (χ0n) is 8.49. The molecule has 2 N–H and O–H groups in total. The van der Waals surface area contributed by atoms with Crippen LogP contribution in [0.4, 0.5) is 0 Å². The van der Waals surface area contributed by atoms with E-state index in [-0.39, 0.29) is 6.04 Å². The van der Waals surface area contributed by atoms with Crippen molar-refractivity contribution in [2.45, 2.75) is 12.5 Å². The highest BCUT2D eigenvalue weighted by Gasteiger charge is 2.08. The van der Waals surface area contributed by atoms with E-state index in [1.165, 1.54) is 14.0 Å². The van der Waals surface area contributed by atoms with Crippen LogP contribution in [-0.4, -0.2) is 0 Å². The van der Waals surface area contributed by atoms with Gasteiger partial charge in [0.15, 0.2) is 0 Å². The first-order valence-corrected chi connectivity index (χ1v) is 7.18. The number of benzene rings is 1. The van der Waals surface area contributed by atoms with Gasteiger partial charge in [-0.1, -0.05) is 23.7 Å². The molecular weight excluding hydrogens is 353 g/mol. The lowest BCUT2D eigenvalue weighted by Crippen LogP contribution is -2.12. The summed E-state index contributed by atoms with van der Waals surface area (Å²) in [5.74, 6) is 0. The lowest BCUT2D eigenvalue weighted by molar-refractivity contribution is 0.730. The molecule has 0 saturated heterocycles. The van der Waals surface area contributed by atoms with E-state index >= 15 is 0 Å². The summed E-state index contributed by atoms with van der Waals surface area (Å²) in [5, 5.41) is 0. The molecule has 1 nitrogen and oxygen atoms in total. The molecule has 84 valence electrons. The fourth-order valence-corrected chi connectivity index (χ4v) is 3.01. The van der Waals surface area contributed by atoms with Crippen molar-refractivity contribution in [3.8, 4) is 0 Å². The summed E-state index contributed by atoms with van der Waals surface area (Å²) in [6.07, 6.45) is 0.845. The van der Waals surface area contributed by atoms with Crippen LogP contribution in [0.2, 0.25) is 4.34 Å². The Kier molecular flexibility index (Phi) is 4.24. The predicted molar refractivity (Wildman–Crippen MR) is 79.1 cm³/mol. The summed E-state index contributed by atoms with van der Waals surface area (Å²) in [4.78, 5) is 1.23. The van der Waals surface area contributed by atoms with Crippen LogP contribution in [-0.2, 0) is 6.42 Å². The number of halogens is 2. The minimum atomic E-state index is 0.0479. The van der Waals surface area contributed by atoms with E-state index < -0.39 is 0 Å². The average Bonchev–Trinajstić information content (AvgIpc) is 2.65. The molecule has 0 bridgehead atoms. The maximum atomic E-state index is 6.15. The summed E-state index contributed by atoms with van der Waals surface area (Å²) in [5.41, 5.74) is 7.32. The van der Waals surface area contributed by atoms with Crippen molar-refractivity contribution in [1.82, 2.24) is 0 Å². The number of thiophene rings is 1. The highest BCUT2D eigenvalue weighted by Crippen LogP contribution is 2.25. The lowest BCUT2D eigenvalue weighted by atomic mass is 10.0. The van der Waals surface area contributed by atoms with Gasteiger partial charge in [0.2, 0.25) is 0 Å². The van der Waals surface area contributed by atoms with Gasteiger partial charge in [-0.3, -0.25) is 0 Å². The molecule has 1 atom stereocenters. The minimum absolute atomic E-state index is 0.0479. The van der Waals surface area contributed by atoms with Crippen LogP contribution in [0.15, 0.2) is 36.4 Å². The summed E-state index contributed by atoms with van der Waals surface area (Å²) in [7, 11) is 0. The standard InChI is InChI=1S/C12H11ClINS/c13-12-6-5-10(16-12)7-11(15)8-1-3-9(14)4-2-8/h1-6,11H,7,15H2. The molecule has 1 aromatic heterocycles. The highest BCUT2D eigenvalue weighted by molar-refractivity contribution is 14.1. The van der Waals surface area contributed by atoms with E-state index in [4.69, 9.17) is 17.3 Å². The second-order valence-corrected chi connectivity index (χ2v) is 6.61. The summed E-state index contributed by atoms with van der Waals surface area (Å²) < 4.78 is 2.05. The zero-order chi connectivity index (χ0) is 11.5. The first-order valence-electron chi connectivity index (χ1n) is 4.90. The van der Waals surface area contributed by atoms with Crippen molar-refractivity contribution in [3.05, 3.63) is 54.7 Å². The molecule has 0 fully saturated rings. The molecule has 2 aromatic rings. The number of rotatable bonds is 3. The van der Waals surface area contributed by atoms with Crippen LogP contribution >= 0.6 is 45.5 Å².